The summed E-state index contributed by atoms with van der Waals surface area (Å²) in [6.07, 6.45) is 1.75. The molecule has 7 nitrogen and oxygen atoms in total. The number of sulfonamides is 1. The van der Waals surface area contributed by atoms with Gasteiger partial charge < -0.3 is 0 Å². The van der Waals surface area contributed by atoms with Gasteiger partial charge in [-0.05, 0) is 48.7 Å². The fourth-order valence-corrected chi connectivity index (χ4v) is 6.61. The van der Waals surface area contributed by atoms with Crippen LogP contribution in [0.2, 0.25) is 0 Å². The molecule has 34 heavy (non-hydrogen) atoms. The SMILES string of the molecule is N#Cc1ccccc1-c1ccccc1C(=O)Nc1nc2ccc(S(=O)(=O)N3CCCC3)cc2s1. The lowest BCUT2D eigenvalue weighted by Gasteiger charge is -2.15. The van der Waals surface area contributed by atoms with Gasteiger partial charge in [0.15, 0.2) is 5.13 Å². The first kappa shape index (κ1) is 22.2. The van der Waals surface area contributed by atoms with Gasteiger partial charge in [-0.2, -0.15) is 9.57 Å². The second-order valence-corrected chi connectivity index (χ2v) is 10.9. The van der Waals surface area contributed by atoms with Gasteiger partial charge in [0.2, 0.25) is 10.0 Å². The number of aromatic nitrogens is 1. The molecule has 1 amide bonds. The maximum absolute atomic E-state index is 13.2. The van der Waals surface area contributed by atoms with E-state index in [2.05, 4.69) is 16.4 Å². The zero-order valence-electron chi connectivity index (χ0n) is 18.1. The molecule has 0 bridgehead atoms. The Hall–Kier alpha value is -3.58. The Labute approximate surface area is 201 Å². The number of amides is 1. The number of nitrogens with zero attached hydrogens (tertiary/aromatic N) is 3. The molecule has 0 spiro atoms. The second-order valence-electron chi connectivity index (χ2n) is 7.92. The number of anilines is 1. The number of nitrogens with one attached hydrogen (secondary N) is 1. The third kappa shape index (κ3) is 4.07. The van der Waals surface area contributed by atoms with Crippen LogP contribution < -0.4 is 5.32 Å². The molecule has 1 saturated heterocycles. The van der Waals surface area contributed by atoms with E-state index in [-0.39, 0.29) is 10.8 Å². The van der Waals surface area contributed by atoms with Gasteiger partial charge in [0.25, 0.3) is 5.91 Å². The average Bonchev–Trinajstić information content (AvgIpc) is 3.54. The fourth-order valence-electron chi connectivity index (χ4n) is 4.09. The quantitative estimate of drug-likeness (QED) is 0.432. The molecule has 3 aromatic carbocycles. The fraction of sp³-hybridized carbons (Fsp3) is 0.160. The van der Waals surface area contributed by atoms with Crippen LogP contribution in [0.3, 0.4) is 0 Å². The maximum Gasteiger partial charge on any atom is 0.258 e. The molecule has 1 fully saturated rings. The Morgan fingerprint density at radius 2 is 1.71 bits per heavy atom. The van der Waals surface area contributed by atoms with E-state index < -0.39 is 10.0 Å². The van der Waals surface area contributed by atoms with Crippen molar-refractivity contribution in [2.75, 3.05) is 18.4 Å². The number of benzene rings is 3. The highest BCUT2D eigenvalue weighted by Crippen LogP contribution is 2.32. The first-order chi connectivity index (χ1) is 16.5. The molecule has 0 radical (unpaired) electrons. The summed E-state index contributed by atoms with van der Waals surface area (Å²) in [7, 11) is -3.53. The molecular weight excluding hydrogens is 468 g/mol. The molecule has 4 aromatic rings. The van der Waals surface area contributed by atoms with E-state index in [1.165, 1.54) is 15.6 Å². The molecule has 170 valence electrons. The number of rotatable bonds is 5. The lowest BCUT2D eigenvalue weighted by Crippen LogP contribution is -2.27. The van der Waals surface area contributed by atoms with E-state index in [9.17, 15) is 18.5 Å². The highest BCUT2D eigenvalue weighted by molar-refractivity contribution is 7.89. The van der Waals surface area contributed by atoms with Crippen LogP contribution in [0.1, 0.15) is 28.8 Å². The van der Waals surface area contributed by atoms with Crippen LogP contribution in [0.15, 0.2) is 71.6 Å². The molecule has 1 N–H and O–H groups in total. The van der Waals surface area contributed by atoms with Crippen LogP contribution in [-0.4, -0.2) is 36.7 Å². The number of hydrogen-bond donors (Lipinski definition) is 1. The molecule has 0 aliphatic carbocycles. The lowest BCUT2D eigenvalue weighted by molar-refractivity contribution is 0.102. The topological polar surface area (TPSA) is 103 Å². The van der Waals surface area contributed by atoms with Gasteiger partial charge >= 0.3 is 0 Å². The third-order valence-electron chi connectivity index (χ3n) is 5.79. The largest absolute Gasteiger partial charge is 0.298 e. The minimum Gasteiger partial charge on any atom is -0.298 e. The number of hydrogen-bond acceptors (Lipinski definition) is 6. The van der Waals surface area contributed by atoms with E-state index in [1.54, 1.807) is 48.5 Å². The van der Waals surface area contributed by atoms with E-state index in [0.717, 1.165) is 12.8 Å². The van der Waals surface area contributed by atoms with Gasteiger partial charge in [-0.15, -0.1) is 0 Å². The minimum absolute atomic E-state index is 0.238. The van der Waals surface area contributed by atoms with E-state index >= 15 is 0 Å². The molecular formula is C25H20N4O3S2. The van der Waals surface area contributed by atoms with Crippen LogP contribution >= 0.6 is 11.3 Å². The summed E-state index contributed by atoms with van der Waals surface area (Å²) in [6.45, 7) is 1.08. The zero-order chi connectivity index (χ0) is 23.7. The van der Waals surface area contributed by atoms with Crippen molar-refractivity contribution in [3.05, 3.63) is 77.9 Å². The standard InChI is InChI=1S/C25H20N4O3S2/c26-16-17-7-1-2-8-19(17)20-9-3-4-10-21(20)24(30)28-25-27-22-12-11-18(15-23(22)33-25)34(31,32)29-13-5-6-14-29/h1-4,7-12,15H,5-6,13-14H2,(H,27,28,30). The number of carbonyl (C=O) groups excluding carboxylic acids is 1. The van der Waals surface area contributed by atoms with Crippen LogP contribution in [0.25, 0.3) is 21.3 Å². The monoisotopic (exact) mass is 488 g/mol. The smallest absolute Gasteiger partial charge is 0.258 e. The number of fused-ring (bicyclic) bond motifs is 1. The maximum atomic E-state index is 13.2. The van der Waals surface area contributed by atoms with Gasteiger partial charge in [-0.3, -0.25) is 10.1 Å². The van der Waals surface area contributed by atoms with Crippen molar-refractivity contribution < 1.29 is 13.2 Å². The van der Waals surface area contributed by atoms with Gasteiger partial charge in [-0.25, -0.2) is 13.4 Å². The van der Waals surface area contributed by atoms with Gasteiger partial charge in [-0.1, -0.05) is 47.7 Å². The van der Waals surface area contributed by atoms with Crippen molar-refractivity contribution in [2.45, 2.75) is 17.7 Å². The van der Waals surface area contributed by atoms with Crippen molar-refractivity contribution >= 4 is 42.6 Å². The molecule has 0 unspecified atom stereocenters. The lowest BCUT2D eigenvalue weighted by atomic mass is 9.95. The summed E-state index contributed by atoms with van der Waals surface area (Å²) in [6, 6.07) is 21.2. The molecule has 9 heteroatoms. The Kier molecular flexibility index (Phi) is 5.87. The second kappa shape index (κ2) is 8.99. The summed E-state index contributed by atoms with van der Waals surface area (Å²) in [5.74, 6) is -0.354. The van der Waals surface area contributed by atoms with Crippen molar-refractivity contribution in [2.24, 2.45) is 0 Å². The number of thiazole rings is 1. The highest BCUT2D eigenvalue weighted by atomic mass is 32.2. The van der Waals surface area contributed by atoms with Crippen molar-refractivity contribution in [1.82, 2.24) is 9.29 Å². The predicted molar refractivity (Wildman–Crippen MR) is 132 cm³/mol. The Morgan fingerprint density at radius 1 is 1.00 bits per heavy atom. The predicted octanol–water partition coefficient (Wildman–Crippen LogP) is 4.87. The van der Waals surface area contributed by atoms with Gasteiger partial charge in [0.1, 0.15) is 0 Å². The first-order valence-electron chi connectivity index (χ1n) is 10.8. The van der Waals surface area contributed by atoms with Gasteiger partial charge in [0, 0.05) is 24.2 Å². The van der Waals surface area contributed by atoms with Crippen LogP contribution in [0.5, 0.6) is 0 Å². The number of carbonyl (C=O) groups is 1. The molecule has 1 aromatic heterocycles. The van der Waals surface area contributed by atoms with Crippen molar-refractivity contribution in [1.29, 1.82) is 5.26 Å². The number of nitriles is 1. The Balaban J connectivity index is 1.45. The Bertz CT molecular complexity index is 1550. The Morgan fingerprint density at radius 3 is 2.47 bits per heavy atom. The average molecular weight is 489 g/mol. The summed E-state index contributed by atoms with van der Waals surface area (Å²) in [5, 5.41) is 12.7. The summed E-state index contributed by atoms with van der Waals surface area (Å²) < 4.78 is 28.0. The minimum atomic E-state index is -3.53. The summed E-state index contributed by atoms with van der Waals surface area (Å²) in [5.41, 5.74) is 2.84. The van der Waals surface area contributed by atoms with Crippen LogP contribution in [0.4, 0.5) is 5.13 Å². The normalized spacial score (nSPS) is 14.2. The first-order valence-corrected chi connectivity index (χ1v) is 13.0. The van der Waals surface area contributed by atoms with Crippen molar-refractivity contribution in [3.63, 3.8) is 0 Å². The molecule has 0 atom stereocenters. The molecule has 0 saturated carbocycles. The summed E-state index contributed by atoms with van der Waals surface area (Å²) in [4.78, 5) is 17.9. The molecule has 1 aliphatic rings. The van der Waals surface area contributed by atoms with Gasteiger partial charge in [0.05, 0.1) is 26.7 Å². The van der Waals surface area contributed by atoms with E-state index in [1.807, 2.05) is 18.2 Å². The summed E-state index contributed by atoms with van der Waals surface area (Å²) >= 11 is 1.22. The zero-order valence-corrected chi connectivity index (χ0v) is 19.7. The molecule has 1 aliphatic heterocycles. The van der Waals surface area contributed by atoms with Crippen molar-refractivity contribution in [3.8, 4) is 17.2 Å². The highest BCUT2D eigenvalue weighted by Gasteiger charge is 2.27. The van der Waals surface area contributed by atoms with E-state index in [4.69, 9.17) is 0 Å². The van der Waals surface area contributed by atoms with Crippen LogP contribution in [-0.2, 0) is 10.0 Å². The molecule has 2 heterocycles. The molecule has 5 rings (SSSR count). The third-order valence-corrected chi connectivity index (χ3v) is 8.62. The van der Waals surface area contributed by atoms with Crippen LogP contribution in [0, 0.1) is 11.3 Å². The van der Waals surface area contributed by atoms with E-state index in [0.29, 0.717) is 50.7 Å².